The first-order valence-electron chi connectivity index (χ1n) is 7.74. The number of ether oxygens (including phenoxy) is 2. The quantitative estimate of drug-likeness (QED) is 0.592. The van der Waals surface area contributed by atoms with E-state index in [1.54, 1.807) is 32.4 Å². The molecule has 0 spiro atoms. The van der Waals surface area contributed by atoms with Gasteiger partial charge < -0.3 is 20.1 Å². The number of hydrogen-bond donors (Lipinski definition) is 2. The Balaban J connectivity index is 1.74. The summed E-state index contributed by atoms with van der Waals surface area (Å²) in [5, 5.41) is 8.47. The van der Waals surface area contributed by atoms with Crippen LogP contribution in [-0.4, -0.2) is 20.1 Å². The van der Waals surface area contributed by atoms with Crippen molar-refractivity contribution in [3.05, 3.63) is 63.8 Å². The Morgan fingerprint density at radius 2 is 1.69 bits per heavy atom. The fraction of sp³-hybridized carbons (Fsp3) is 0.105. The number of amides is 1. The third kappa shape index (κ3) is 4.09. The van der Waals surface area contributed by atoms with Gasteiger partial charge in [-0.2, -0.15) is 0 Å². The average Bonchev–Trinajstić information content (AvgIpc) is 3.19. The number of benzene rings is 2. The standard InChI is InChI=1S/C19H17ClN2O3S/c1-24-16-11-15(17(25-2)10-14(16)20)21-12-5-7-13(8-6-12)22-19(23)18-4-3-9-26-18/h3-11,21H,1-2H3,(H,22,23). The van der Waals surface area contributed by atoms with Gasteiger partial charge in [-0.15, -0.1) is 11.3 Å². The number of rotatable bonds is 6. The highest BCUT2D eigenvalue weighted by Crippen LogP contribution is 2.37. The van der Waals surface area contributed by atoms with E-state index in [-0.39, 0.29) is 5.91 Å². The van der Waals surface area contributed by atoms with Crippen LogP contribution in [0.3, 0.4) is 0 Å². The van der Waals surface area contributed by atoms with E-state index < -0.39 is 0 Å². The number of anilines is 3. The van der Waals surface area contributed by atoms with Crippen LogP contribution in [0.5, 0.6) is 11.5 Å². The summed E-state index contributed by atoms with van der Waals surface area (Å²) in [5.41, 5.74) is 2.28. The van der Waals surface area contributed by atoms with E-state index in [4.69, 9.17) is 21.1 Å². The van der Waals surface area contributed by atoms with Gasteiger partial charge in [-0.1, -0.05) is 17.7 Å². The van der Waals surface area contributed by atoms with E-state index in [1.807, 2.05) is 35.7 Å². The minimum absolute atomic E-state index is 0.121. The molecule has 0 aliphatic carbocycles. The van der Waals surface area contributed by atoms with Gasteiger partial charge in [-0.3, -0.25) is 4.79 Å². The normalized spacial score (nSPS) is 10.3. The molecule has 0 bridgehead atoms. The second kappa shape index (κ2) is 8.12. The van der Waals surface area contributed by atoms with Crippen molar-refractivity contribution >= 4 is 45.9 Å². The fourth-order valence-electron chi connectivity index (χ4n) is 2.35. The molecule has 134 valence electrons. The summed E-state index contributed by atoms with van der Waals surface area (Å²) in [7, 11) is 3.13. The average molecular weight is 389 g/mol. The minimum atomic E-state index is -0.121. The van der Waals surface area contributed by atoms with E-state index in [2.05, 4.69) is 10.6 Å². The molecule has 2 N–H and O–H groups in total. The number of halogens is 1. The Hall–Kier alpha value is -2.70. The van der Waals surface area contributed by atoms with Crippen LogP contribution in [0, 0.1) is 0 Å². The van der Waals surface area contributed by atoms with Crippen LogP contribution >= 0.6 is 22.9 Å². The first-order chi connectivity index (χ1) is 12.6. The van der Waals surface area contributed by atoms with Gasteiger partial charge >= 0.3 is 0 Å². The molecule has 0 saturated carbocycles. The van der Waals surface area contributed by atoms with E-state index in [1.165, 1.54) is 11.3 Å². The van der Waals surface area contributed by atoms with Crippen molar-refractivity contribution in [3.8, 4) is 11.5 Å². The molecule has 0 saturated heterocycles. The summed E-state index contributed by atoms with van der Waals surface area (Å²) in [6, 6.07) is 14.5. The molecule has 0 aliphatic heterocycles. The molecule has 1 heterocycles. The van der Waals surface area contributed by atoms with Crippen LogP contribution in [0.15, 0.2) is 53.9 Å². The number of thiophene rings is 1. The Morgan fingerprint density at radius 3 is 2.31 bits per heavy atom. The highest BCUT2D eigenvalue weighted by molar-refractivity contribution is 7.12. The van der Waals surface area contributed by atoms with E-state index in [0.29, 0.717) is 21.4 Å². The molecule has 0 aliphatic rings. The van der Waals surface area contributed by atoms with Crippen molar-refractivity contribution in [3.63, 3.8) is 0 Å². The van der Waals surface area contributed by atoms with Crippen LogP contribution in [0.1, 0.15) is 9.67 Å². The summed E-state index contributed by atoms with van der Waals surface area (Å²) in [6.45, 7) is 0. The summed E-state index contributed by atoms with van der Waals surface area (Å²) in [6.07, 6.45) is 0. The highest BCUT2D eigenvalue weighted by atomic mass is 35.5. The zero-order valence-corrected chi connectivity index (χ0v) is 15.8. The van der Waals surface area contributed by atoms with Gasteiger partial charge in [0, 0.05) is 23.5 Å². The summed E-state index contributed by atoms with van der Waals surface area (Å²) in [4.78, 5) is 12.7. The molecule has 0 atom stereocenters. The Labute approximate surface area is 160 Å². The first-order valence-corrected chi connectivity index (χ1v) is 9.00. The number of nitrogens with one attached hydrogen (secondary N) is 2. The van der Waals surface area contributed by atoms with Gasteiger partial charge in [-0.05, 0) is 35.7 Å². The highest BCUT2D eigenvalue weighted by Gasteiger charge is 2.11. The number of hydrogen-bond acceptors (Lipinski definition) is 5. The van der Waals surface area contributed by atoms with Crippen LogP contribution in [0.25, 0.3) is 0 Å². The molecule has 7 heteroatoms. The van der Waals surface area contributed by atoms with Gasteiger partial charge in [-0.25, -0.2) is 0 Å². The Kier molecular flexibility index (Phi) is 5.65. The molecule has 0 unspecified atom stereocenters. The van der Waals surface area contributed by atoms with Crippen molar-refractivity contribution in [2.75, 3.05) is 24.9 Å². The van der Waals surface area contributed by atoms with Crippen LogP contribution < -0.4 is 20.1 Å². The first kappa shape index (κ1) is 18.1. The lowest BCUT2D eigenvalue weighted by atomic mass is 10.2. The molecule has 1 amide bonds. The van der Waals surface area contributed by atoms with Crippen molar-refractivity contribution in [1.82, 2.24) is 0 Å². The van der Waals surface area contributed by atoms with Gasteiger partial charge in [0.15, 0.2) is 0 Å². The molecule has 2 aromatic carbocycles. The molecule has 5 nitrogen and oxygen atoms in total. The summed E-state index contributed by atoms with van der Waals surface area (Å²) < 4.78 is 10.6. The van der Waals surface area contributed by atoms with Crippen molar-refractivity contribution in [2.24, 2.45) is 0 Å². The number of carbonyl (C=O) groups excluding carboxylic acids is 1. The van der Waals surface area contributed by atoms with Gasteiger partial charge in [0.25, 0.3) is 5.91 Å². The van der Waals surface area contributed by atoms with E-state index >= 15 is 0 Å². The minimum Gasteiger partial charge on any atom is -0.495 e. The van der Waals surface area contributed by atoms with Crippen molar-refractivity contribution < 1.29 is 14.3 Å². The molecule has 3 rings (SSSR count). The Bertz CT molecular complexity index is 896. The molecule has 3 aromatic rings. The molecule has 1 aromatic heterocycles. The van der Waals surface area contributed by atoms with Crippen LogP contribution in [0.2, 0.25) is 5.02 Å². The SMILES string of the molecule is COc1cc(Nc2ccc(NC(=O)c3cccs3)cc2)c(OC)cc1Cl. The zero-order chi connectivity index (χ0) is 18.5. The van der Waals surface area contributed by atoms with Crippen LogP contribution in [-0.2, 0) is 0 Å². The molecular weight excluding hydrogens is 372 g/mol. The Morgan fingerprint density at radius 1 is 1.00 bits per heavy atom. The predicted octanol–water partition coefficient (Wildman–Crippen LogP) is 5.41. The maximum Gasteiger partial charge on any atom is 0.265 e. The lowest BCUT2D eigenvalue weighted by Gasteiger charge is -2.14. The van der Waals surface area contributed by atoms with Crippen LogP contribution in [0.4, 0.5) is 17.1 Å². The largest absolute Gasteiger partial charge is 0.495 e. The van der Waals surface area contributed by atoms with Gasteiger partial charge in [0.2, 0.25) is 0 Å². The number of carbonyl (C=O) groups is 1. The fourth-order valence-corrected chi connectivity index (χ4v) is 3.20. The lowest BCUT2D eigenvalue weighted by molar-refractivity contribution is 0.103. The van der Waals surface area contributed by atoms with E-state index in [9.17, 15) is 4.79 Å². The summed E-state index contributed by atoms with van der Waals surface area (Å²) >= 11 is 7.53. The van der Waals surface area contributed by atoms with Crippen molar-refractivity contribution in [1.29, 1.82) is 0 Å². The summed E-state index contributed by atoms with van der Waals surface area (Å²) in [5.74, 6) is 1.03. The topological polar surface area (TPSA) is 59.6 Å². The predicted molar refractivity (Wildman–Crippen MR) is 107 cm³/mol. The molecule has 26 heavy (non-hydrogen) atoms. The molecular formula is C19H17ClN2O3S. The number of methoxy groups -OCH3 is 2. The monoisotopic (exact) mass is 388 g/mol. The third-order valence-electron chi connectivity index (χ3n) is 3.64. The third-order valence-corrected chi connectivity index (χ3v) is 4.80. The van der Waals surface area contributed by atoms with Gasteiger partial charge in [0.05, 0.1) is 29.8 Å². The van der Waals surface area contributed by atoms with Crippen molar-refractivity contribution in [2.45, 2.75) is 0 Å². The van der Waals surface area contributed by atoms with Gasteiger partial charge in [0.1, 0.15) is 11.5 Å². The second-order valence-electron chi connectivity index (χ2n) is 5.32. The lowest BCUT2D eigenvalue weighted by Crippen LogP contribution is -2.09. The smallest absolute Gasteiger partial charge is 0.265 e. The zero-order valence-electron chi connectivity index (χ0n) is 14.2. The molecule has 0 radical (unpaired) electrons. The second-order valence-corrected chi connectivity index (χ2v) is 6.68. The maximum absolute atomic E-state index is 12.1. The maximum atomic E-state index is 12.1. The van der Waals surface area contributed by atoms with E-state index in [0.717, 1.165) is 17.1 Å². The molecule has 0 fully saturated rings.